The maximum Gasteiger partial charge on any atom is 0.410 e. The predicted octanol–water partition coefficient (Wildman–Crippen LogP) is 3.34. The Morgan fingerprint density at radius 2 is 1.86 bits per heavy atom. The van der Waals surface area contributed by atoms with Crippen LogP contribution in [-0.4, -0.2) is 82.9 Å². The molecule has 2 fully saturated rings. The van der Waals surface area contributed by atoms with Gasteiger partial charge < -0.3 is 19.4 Å². The van der Waals surface area contributed by atoms with E-state index in [0.29, 0.717) is 31.3 Å². The molecule has 0 aliphatic carbocycles. The fraction of sp³-hybridized carbons (Fsp3) is 0.560. The molecule has 192 valence electrons. The first kappa shape index (κ1) is 24.1. The van der Waals surface area contributed by atoms with Crippen molar-refractivity contribution >= 4 is 35.3 Å². The molecule has 5 rings (SSSR count). The number of pyridine rings is 1. The average Bonchev–Trinajstić information content (AvgIpc) is 3.10. The van der Waals surface area contributed by atoms with E-state index in [-0.39, 0.29) is 18.2 Å². The van der Waals surface area contributed by atoms with Crippen LogP contribution in [0.15, 0.2) is 30.7 Å². The summed E-state index contributed by atoms with van der Waals surface area (Å²) in [4.78, 5) is 47.2. The van der Waals surface area contributed by atoms with Gasteiger partial charge in [0.2, 0.25) is 0 Å². The number of carbonyl (C=O) groups excluding carboxylic acids is 2. The Labute approximate surface area is 211 Å². The third-order valence-electron chi connectivity index (χ3n) is 6.68. The molecule has 3 aliphatic rings. The molecule has 2 aromatic rings. The second kappa shape index (κ2) is 9.79. The van der Waals surface area contributed by atoms with Crippen LogP contribution in [0.1, 0.15) is 40.0 Å². The third-order valence-corrected chi connectivity index (χ3v) is 6.68. The van der Waals surface area contributed by atoms with E-state index >= 15 is 0 Å². The van der Waals surface area contributed by atoms with Crippen molar-refractivity contribution < 1.29 is 14.3 Å². The lowest BCUT2D eigenvalue weighted by Crippen LogP contribution is -2.56. The van der Waals surface area contributed by atoms with E-state index in [1.807, 2.05) is 26.8 Å². The van der Waals surface area contributed by atoms with E-state index < -0.39 is 5.60 Å². The summed E-state index contributed by atoms with van der Waals surface area (Å²) in [6.45, 7) is 10.00. The van der Waals surface area contributed by atoms with Gasteiger partial charge >= 0.3 is 12.1 Å². The van der Waals surface area contributed by atoms with Gasteiger partial charge in [0.05, 0.1) is 11.7 Å². The quantitative estimate of drug-likeness (QED) is 0.678. The Morgan fingerprint density at radius 1 is 1.03 bits per heavy atom. The first-order valence-electron chi connectivity index (χ1n) is 12.6. The SMILES string of the molecule is CC(C)(C)OC(=O)N1CCCN(c2ccc3c(n2)N(C(=O)Nc2ccncn2)C2CCCN3C2)CC1. The van der Waals surface area contributed by atoms with Gasteiger partial charge in [0, 0.05) is 45.5 Å². The van der Waals surface area contributed by atoms with Crippen LogP contribution in [-0.2, 0) is 4.74 Å². The zero-order valence-corrected chi connectivity index (χ0v) is 21.2. The Kier molecular flexibility index (Phi) is 6.55. The average molecular weight is 495 g/mol. The molecule has 1 atom stereocenters. The molecule has 2 saturated heterocycles. The van der Waals surface area contributed by atoms with Gasteiger partial charge in [-0.2, -0.15) is 0 Å². The molecule has 5 heterocycles. The van der Waals surface area contributed by atoms with Gasteiger partial charge in [0.1, 0.15) is 23.6 Å². The number of carbonyl (C=O) groups is 2. The van der Waals surface area contributed by atoms with Crippen LogP contribution in [0.25, 0.3) is 0 Å². The summed E-state index contributed by atoms with van der Waals surface area (Å²) in [7, 11) is 0. The molecule has 1 unspecified atom stereocenters. The molecule has 0 saturated carbocycles. The first-order valence-corrected chi connectivity index (χ1v) is 12.6. The number of amides is 3. The highest BCUT2D eigenvalue weighted by atomic mass is 16.6. The van der Waals surface area contributed by atoms with Gasteiger partial charge in [-0.05, 0) is 58.2 Å². The Balaban J connectivity index is 1.37. The number of anilines is 4. The highest BCUT2D eigenvalue weighted by Gasteiger charge is 2.39. The largest absolute Gasteiger partial charge is 0.444 e. The van der Waals surface area contributed by atoms with Gasteiger partial charge in [-0.1, -0.05) is 0 Å². The highest BCUT2D eigenvalue weighted by Crippen LogP contribution is 2.39. The van der Waals surface area contributed by atoms with E-state index in [9.17, 15) is 9.59 Å². The lowest BCUT2D eigenvalue weighted by Gasteiger charge is -2.46. The van der Waals surface area contributed by atoms with Gasteiger partial charge in [0.25, 0.3) is 0 Å². The van der Waals surface area contributed by atoms with Crippen LogP contribution in [0.2, 0.25) is 0 Å². The number of rotatable bonds is 2. The van der Waals surface area contributed by atoms with Crippen molar-refractivity contribution in [3.63, 3.8) is 0 Å². The minimum Gasteiger partial charge on any atom is -0.444 e. The highest BCUT2D eigenvalue weighted by molar-refractivity contribution is 6.04. The number of nitrogens with zero attached hydrogens (tertiary/aromatic N) is 7. The van der Waals surface area contributed by atoms with E-state index in [0.717, 1.165) is 50.4 Å². The van der Waals surface area contributed by atoms with Crippen molar-refractivity contribution in [2.75, 3.05) is 59.3 Å². The number of hydrogen-bond donors (Lipinski definition) is 1. The molecule has 2 bridgehead atoms. The number of nitrogens with one attached hydrogen (secondary N) is 1. The lowest BCUT2D eigenvalue weighted by molar-refractivity contribution is 0.0263. The Hall–Kier alpha value is -3.63. The summed E-state index contributed by atoms with van der Waals surface area (Å²) >= 11 is 0. The summed E-state index contributed by atoms with van der Waals surface area (Å²) in [5.74, 6) is 1.93. The second-order valence-corrected chi connectivity index (χ2v) is 10.5. The van der Waals surface area contributed by atoms with E-state index in [1.165, 1.54) is 6.33 Å². The number of piperidine rings is 1. The fourth-order valence-electron chi connectivity index (χ4n) is 5.04. The molecule has 11 nitrogen and oxygen atoms in total. The van der Waals surface area contributed by atoms with E-state index in [4.69, 9.17) is 9.72 Å². The molecule has 0 aromatic carbocycles. The smallest absolute Gasteiger partial charge is 0.410 e. The second-order valence-electron chi connectivity index (χ2n) is 10.5. The van der Waals surface area contributed by atoms with Gasteiger partial charge in [-0.3, -0.25) is 10.2 Å². The Morgan fingerprint density at radius 3 is 2.64 bits per heavy atom. The van der Waals surface area contributed by atoms with Crippen molar-refractivity contribution in [1.29, 1.82) is 0 Å². The zero-order chi connectivity index (χ0) is 25.3. The van der Waals surface area contributed by atoms with Gasteiger partial charge in [0.15, 0.2) is 5.82 Å². The fourth-order valence-corrected chi connectivity index (χ4v) is 5.04. The molecule has 2 aromatic heterocycles. The van der Waals surface area contributed by atoms with Crippen molar-refractivity contribution in [2.24, 2.45) is 0 Å². The number of ether oxygens (including phenoxy) is 1. The predicted molar refractivity (Wildman–Crippen MR) is 138 cm³/mol. The molecule has 0 radical (unpaired) electrons. The van der Waals surface area contributed by atoms with Crippen LogP contribution in [0.4, 0.5) is 32.7 Å². The minimum atomic E-state index is -0.521. The molecule has 3 aliphatic heterocycles. The number of aromatic nitrogens is 3. The topological polar surface area (TPSA) is 107 Å². The van der Waals surface area contributed by atoms with Gasteiger partial charge in [-0.15, -0.1) is 0 Å². The van der Waals surface area contributed by atoms with Crippen LogP contribution in [0.5, 0.6) is 0 Å². The third kappa shape index (κ3) is 5.14. The standard InChI is InChI=1S/C25H34N8O3/c1-25(2,3)36-24(35)31-13-5-12-30(14-15-31)21-8-7-19-22(29-21)33(18-6-4-11-32(19)16-18)23(34)28-20-9-10-26-17-27-20/h7-10,17-18H,4-6,11-16H2,1-3H3,(H,26,27,28,34). The maximum atomic E-state index is 13.4. The lowest BCUT2D eigenvalue weighted by atomic mass is 10.00. The summed E-state index contributed by atoms with van der Waals surface area (Å²) in [5, 5.41) is 2.91. The molecular weight excluding hydrogens is 460 g/mol. The van der Waals surface area contributed by atoms with Crippen molar-refractivity contribution in [3.8, 4) is 0 Å². The number of urea groups is 1. The molecule has 36 heavy (non-hydrogen) atoms. The normalized spacial score (nSPS) is 19.9. The summed E-state index contributed by atoms with van der Waals surface area (Å²) in [6.07, 6.45) is 5.49. The van der Waals surface area contributed by atoms with Gasteiger partial charge in [-0.25, -0.2) is 24.5 Å². The van der Waals surface area contributed by atoms with Crippen LogP contribution < -0.4 is 20.0 Å². The minimum absolute atomic E-state index is 0.0441. The molecule has 3 amide bonds. The molecule has 1 N–H and O–H groups in total. The molecule has 0 spiro atoms. The monoisotopic (exact) mass is 494 g/mol. The number of hydrogen-bond acceptors (Lipinski definition) is 8. The molecule has 11 heteroatoms. The van der Waals surface area contributed by atoms with Crippen LogP contribution in [0, 0.1) is 0 Å². The molecular formula is C25H34N8O3. The summed E-state index contributed by atoms with van der Waals surface area (Å²) in [6, 6.07) is 5.58. The first-order chi connectivity index (χ1) is 17.3. The van der Waals surface area contributed by atoms with E-state index in [2.05, 4.69) is 31.2 Å². The van der Waals surface area contributed by atoms with Crippen molar-refractivity contribution in [1.82, 2.24) is 19.9 Å². The maximum absolute atomic E-state index is 13.4. The zero-order valence-electron chi connectivity index (χ0n) is 21.2. The summed E-state index contributed by atoms with van der Waals surface area (Å²) in [5.41, 5.74) is 0.449. The van der Waals surface area contributed by atoms with E-state index in [1.54, 1.807) is 22.1 Å². The van der Waals surface area contributed by atoms with Crippen molar-refractivity contribution in [3.05, 3.63) is 30.7 Å². The van der Waals surface area contributed by atoms with Crippen molar-refractivity contribution in [2.45, 2.75) is 51.7 Å². The van der Waals surface area contributed by atoms with Crippen LogP contribution in [0.3, 0.4) is 0 Å². The summed E-state index contributed by atoms with van der Waals surface area (Å²) < 4.78 is 5.57. The Bertz CT molecular complexity index is 1110. The number of fused-ring (bicyclic) bond motifs is 4. The van der Waals surface area contributed by atoms with Crippen LogP contribution >= 0.6 is 0 Å².